The Morgan fingerprint density at radius 1 is 1.12 bits per heavy atom. The van der Waals surface area contributed by atoms with Crippen LogP contribution < -0.4 is 16.7 Å². The molecule has 0 aromatic carbocycles. The quantitative estimate of drug-likeness (QED) is 0.103. The number of imidazole rings is 1. The van der Waals surface area contributed by atoms with Crippen LogP contribution in [0.5, 0.6) is 0 Å². The molecule has 17 heteroatoms. The molecule has 0 spiro atoms. The van der Waals surface area contributed by atoms with E-state index in [1.54, 1.807) is 6.92 Å². The summed E-state index contributed by atoms with van der Waals surface area (Å²) >= 11 is 0. The minimum atomic E-state index is -3.51. The van der Waals surface area contributed by atoms with Crippen molar-refractivity contribution in [3.8, 4) is 0 Å². The van der Waals surface area contributed by atoms with Crippen molar-refractivity contribution in [2.75, 3.05) is 5.32 Å². The van der Waals surface area contributed by atoms with E-state index in [-0.39, 0.29) is 46.5 Å². The summed E-state index contributed by atoms with van der Waals surface area (Å²) in [5.41, 5.74) is 2.73. The van der Waals surface area contributed by atoms with Crippen LogP contribution in [0.3, 0.4) is 0 Å². The van der Waals surface area contributed by atoms with Crippen LogP contribution in [0.4, 0.5) is 11.6 Å². The number of fused-ring (bicyclic) bond motifs is 2. The number of primary amides is 1. The Morgan fingerprint density at radius 2 is 1.83 bits per heavy atom. The summed E-state index contributed by atoms with van der Waals surface area (Å²) in [5, 5.41) is 76.2. The van der Waals surface area contributed by atoms with Gasteiger partial charge in [0.1, 0.15) is 17.2 Å². The van der Waals surface area contributed by atoms with Gasteiger partial charge in [-0.3, -0.25) is 9.36 Å². The molecule has 0 radical (unpaired) electrons. The molecule has 41 heavy (non-hydrogen) atoms. The average Bonchev–Trinajstić information content (AvgIpc) is 3.55. The Hall–Kier alpha value is -3.97. The molecule has 4 aromatic rings. The highest BCUT2D eigenvalue weighted by Crippen LogP contribution is 2.34. The topological polar surface area (TPSA) is 267 Å². The molecule has 3 atom stereocenters. The fraction of sp³-hybridized carbons (Fsp3) is 0.458. The lowest BCUT2D eigenvalue weighted by Gasteiger charge is -2.25. The highest BCUT2D eigenvalue weighted by Gasteiger charge is 2.39. The monoisotopic (exact) mass is 574 g/mol. The Bertz CT molecular complexity index is 1710. The van der Waals surface area contributed by atoms with Crippen molar-refractivity contribution in [3.63, 3.8) is 0 Å². The number of nitrogens with two attached hydrogens (primary N) is 1. The Labute approximate surface area is 230 Å². The van der Waals surface area contributed by atoms with Gasteiger partial charge >= 0.3 is 17.8 Å². The van der Waals surface area contributed by atoms with Crippen molar-refractivity contribution in [1.82, 2.24) is 28.9 Å². The number of rotatable bonds is 8. The van der Waals surface area contributed by atoms with E-state index in [1.807, 2.05) is 0 Å². The zero-order chi connectivity index (χ0) is 30.1. The number of aromatic nitrogens is 6. The molecule has 5 rings (SSSR count). The number of carbonyl (C=O) groups excluding carboxylic acids is 1. The van der Waals surface area contributed by atoms with Crippen molar-refractivity contribution in [2.24, 2.45) is 5.73 Å². The molecule has 1 fully saturated rings. The van der Waals surface area contributed by atoms with Crippen LogP contribution in [-0.2, 0) is 22.4 Å². The van der Waals surface area contributed by atoms with Crippen LogP contribution in [0.1, 0.15) is 51.3 Å². The molecule has 10 N–H and O–H groups in total. The number of anilines is 2. The predicted octanol–water partition coefficient (Wildman–Crippen LogP) is -1.99. The summed E-state index contributed by atoms with van der Waals surface area (Å²) in [4.78, 5) is 34.1. The molecule has 0 bridgehead atoms. The summed E-state index contributed by atoms with van der Waals surface area (Å²) in [6.07, 6.45) is -1.77. The van der Waals surface area contributed by atoms with Gasteiger partial charge in [-0.1, -0.05) is 6.92 Å². The molecule has 1 aliphatic carbocycles. The summed E-state index contributed by atoms with van der Waals surface area (Å²) in [6.45, 7) is 3.14. The maximum Gasteiger partial charge on any atom is 0.377 e. The van der Waals surface area contributed by atoms with Gasteiger partial charge in [0, 0.05) is 12.1 Å². The minimum absolute atomic E-state index is 0.0169. The Balaban J connectivity index is 1.64. The largest absolute Gasteiger partial charge is 0.393 e. The second-order valence-corrected chi connectivity index (χ2v) is 10.3. The maximum absolute atomic E-state index is 13.1. The first-order chi connectivity index (χ1) is 19.1. The van der Waals surface area contributed by atoms with Crippen LogP contribution >= 0.6 is 0 Å². The molecule has 1 saturated carbocycles. The van der Waals surface area contributed by atoms with E-state index >= 15 is 0 Å². The van der Waals surface area contributed by atoms with Gasteiger partial charge in [-0.05, 0) is 44.7 Å². The molecule has 1 aliphatic rings. The number of aliphatic hydroxyl groups is 7. The SMILES string of the molecule is CCC(C)(C(N)=O)n1nc(C(O)(O)O)c2ccc(Nc3cc4c(cn3)n(C(O)(O)O)c(=O)n4C3CCC(O)C3)nc21. The molecular weight excluding hydrogens is 544 g/mol. The smallest absolute Gasteiger partial charge is 0.377 e. The molecule has 0 aliphatic heterocycles. The zero-order valence-electron chi connectivity index (χ0n) is 22.0. The van der Waals surface area contributed by atoms with E-state index in [2.05, 4.69) is 20.4 Å². The first-order valence-corrected chi connectivity index (χ1v) is 12.7. The highest BCUT2D eigenvalue weighted by molar-refractivity contribution is 5.87. The molecule has 4 heterocycles. The van der Waals surface area contributed by atoms with Gasteiger partial charge in [0.15, 0.2) is 11.3 Å². The fourth-order valence-corrected chi connectivity index (χ4v) is 5.21. The van der Waals surface area contributed by atoms with Crippen LogP contribution in [0, 0.1) is 0 Å². The van der Waals surface area contributed by atoms with Gasteiger partial charge in [0.25, 0.3) is 0 Å². The standard InChI is InChI=1S/C24H30N8O9/c1-3-22(2,20(25)34)32-19-13(18(29-32)23(36,37)38)6-7-16(28-19)27-17-9-14-15(10-26-17)31(24(39,40)41)21(35)30(14)11-4-5-12(33)8-11/h6-7,9-12,33,36-41H,3-5,8H2,1-2H3,(H2,25,34)(H,26,27,28). The third-order valence-electron chi connectivity index (χ3n) is 7.59. The summed E-state index contributed by atoms with van der Waals surface area (Å²) in [5.74, 6) is -3.86. The first-order valence-electron chi connectivity index (χ1n) is 12.7. The zero-order valence-corrected chi connectivity index (χ0v) is 22.0. The number of carbonyl (C=O) groups is 1. The molecule has 4 aromatic heterocycles. The molecule has 1 amide bonds. The van der Waals surface area contributed by atoms with Gasteiger partial charge in [0.2, 0.25) is 5.91 Å². The lowest BCUT2D eigenvalue weighted by atomic mass is 9.98. The predicted molar refractivity (Wildman–Crippen MR) is 140 cm³/mol. The maximum atomic E-state index is 13.1. The first kappa shape index (κ1) is 28.6. The third-order valence-corrected chi connectivity index (χ3v) is 7.59. The normalized spacial score (nSPS) is 19.6. The summed E-state index contributed by atoms with van der Waals surface area (Å²) in [7, 11) is 0. The van der Waals surface area contributed by atoms with E-state index in [0.29, 0.717) is 17.4 Å². The second kappa shape index (κ2) is 9.55. The minimum Gasteiger partial charge on any atom is -0.393 e. The van der Waals surface area contributed by atoms with Crippen molar-refractivity contribution >= 4 is 39.6 Å². The van der Waals surface area contributed by atoms with E-state index in [0.717, 1.165) is 10.9 Å². The average molecular weight is 575 g/mol. The van der Waals surface area contributed by atoms with E-state index in [4.69, 9.17) is 5.73 Å². The lowest BCUT2D eigenvalue weighted by Crippen LogP contribution is -2.44. The Kier molecular flexibility index (Phi) is 6.65. The van der Waals surface area contributed by atoms with Gasteiger partial charge in [0.05, 0.1) is 28.7 Å². The summed E-state index contributed by atoms with van der Waals surface area (Å²) < 4.78 is 2.71. The number of amides is 1. The van der Waals surface area contributed by atoms with Crippen LogP contribution in [0.2, 0.25) is 0 Å². The molecule has 17 nitrogen and oxygen atoms in total. The van der Waals surface area contributed by atoms with Gasteiger partial charge in [-0.2, -0.15) is 5.10 Å². The van der Waals surface area contributed by atoms with Crippen molar-refractivity contribution in [1.29, 1.82) is 0 Å². The van der Waals surface area contributed by atoms with Crippen molar-refractivity contribution < 1.29 is 40.5 Å². The summed E-state index contributed by atoms with van der Waals surface area (Å²) in [6, 6.07) is 3.71. The van der Waals surface area contributed by atoms with E-state index in [9.17, 15) is 45.3 Å². The van der Waals surface area contributed by atoms with Crippen LogP contribution in [-0.4, -0.2) is 76.6 Å². The van der Waals surface area contributed by atoms with Crippen LogP contribution in [0.25, 0.3) is 22.1 Å². The van der Waals surface area contributed by atoms with Crippen LogP contribution in [0.15, 0.2) is 29.2 Å². The molecule has 3 unspecified atom stereocenters. The highest BCUT2D eigenvalue weighted by atomic mass is 16.7. The molecular formula is C24H30N8O9. The van der Waals surface area contributed by atoms with Gasteiger partial charge in [-0.15, -0.1) is 0 Å². The van der Waals surface area contributed by atoms with Crippen molar-refractivity contribution in [3.05, 3.63) is 40.6 Å². The Morgan fingerprint density at radius 3 is 2.39 bits per heavy atom. The second-order valence-electron chi connectivity index (χ2n) is 10.3. The van der Waals surface area contributed by atoms with E-state index in [1.165, 1.54) is 29.7 Å². The number of nitrogens with one attached hydrogen (secondary N) is 1. The lowest BCUT2D eigenvalue weighted by molar-refractivity contribution is -0.374. The number of nitrogens with zero attached hydrogens (tertiary/aromatic N) is 6. The number of pyridine rings is 2. The van der Waals surface area contributed by atoms with Gasteiger partial charge < -0.3 is 46.8 Å². The number of hydrogen-bond acceptors (Lipinski definition) is 13. The van der Waals surface area contributed by atoms with Gasteiger partial charge in [-0.25, -0.2) is 24.0 Å². The van der Waals surface area contributed by atoms with E-state index < -0.39 is 47.0 Å². The third kappa shape index (κ3) is 4.72. The fourth-order valence-electron chi connectivity index (χ4n) is 5.21. The number of aliphatic hydroxyl groups excluding tert-OH is 1. The molecule has 220 valence electrons. The van der Waals surface area contributed by atoms with Crippen molar-refractivity contribution in [2.45, 2.75) is 69.3 Å². The number of hydrogen-bond donors (Lipinski definition) is 9. The molecule has 0 saturated heterocycles.